The van der Waals surface area contributed by atoms with Gasteiger partial charge in [0, 0.05) is 0 Å². The van der Waals surface area contributed by atoms with Gasteiger partial charge in [-0.2, -0.15) is 0 Å². The molecule has 0 unspecified atom stereocenters. The van der Waals surface area contributed by atoms with Crippen LogP contribution in [0.2, 0.25) is 0 Å². The van der Waals surface area contributed by atoms with Crippen LogP contribution in [0.4, 0.5) is 0 Å². The molecule has 0 aliphatic carbocycles. The monoisotopic (exact) mass is 507 g/mol. The molecule has 0 aliphatic rings. The first-order valence-corrected chi connectivity index (χ1v) is 17.3. The van der Waals surface area contributed by atoms with Crippen LogP contribution in [0.25, 0.3) is 0 Å². The van der Waals surface area contributed by atoms with E-state index in [1.165, 1.54) is 180 Å². The Morgan fingerprint density at radius 3 is 1.00 bits per heavy atom. The van der Waals surface area contributed by atoms with E-state index < -0.39 is 0 Å². The molecule has 0 rings (SSSR count). The Bertz CT molecular complexity index is 357. The summed E-state index contributed by atoms with van der Waals surface area (Å²) in [5.74, 6) is 0.922. The van der Waals surface area contributed by atoms with Gasteiger partial charge in [-0.05, 0) is 25.2 Å². The molecule has 0 saturated carbocycles. The topological polar surface area (TPSA) is 0 Å². The van der Waals surface area contributed by atoms with E-state index in [0.29, 0.717) is 0 Å². The van der Waals surface area contributed by atoms with Crippen molar-refractivity contribution in [1.29, 1.82) is 0 Å². The Hall–Kier alpha value is -0.260. The van der Waals surface area contributed by atoms with Crippen molar-refractivity contribution in [2.45, 2.75) is 214 Å². The van der Waals surface area contributed by atoms with Gasteiger partial charge < -0.3 is 0 Å². The maximum Gasteiger partial charge on any atom is -0.0294 e. The van der Waals surface area contributed by atoms with Crippen LogP contribution in [0.1, 0.15) is 214 Å². The van der Waals surface area contributed by atoms with E-state index in [1.807, 2.05) is 0 Å². The highest BCUT2D eigenvalue weighted by molar-refractivity contribution is 4.95. The number of hydrogen-bond acceptors (Lipinski definition) is 0. The zero-order chi connectivity index (χ0) is 27.0. The lowest BCUT2D eigenvalue weighted by molar-refractivity contribution is 0.396. The summed E-state index contributed by atoms with van der Waals surface area (Å²) < 4.78 is 0. The Balaban J connectivity index is 0. The molecule has 0 aromatic heterocycles. The van der Waals surface area contributed by atoms with Gasteiger partial charge in [0.05, 0.1) is 0 Å². The summed E-state index contributed by atoms with van der Waals surface area (Å²) >= 11 is 0. The molecule has 218 valence electrons. The minimum absolute atomic E-state index is 0.922. The summed E-state index contributed by atoms with van der Waals surface area (Å²) in [5, 5.41) is 0. The lowest BCUT2D eigenvalue weighted by Crippen LogP contribution is -2.03. The van der Waals surface area contributed by atoms with Gasteiger partial charge in [-0.1, -0.05) is 207 Å². The molecule has 0 saturated heterocycles. The van der Waals surface area contributed by atoms with Crippen LogP contribution in [0.5, 0.6) is 0 Å². The fourth-order valence-corrected chi connectivity index (χ4v) is 5.29. The fraction of sp³-hybridized carbons (Fsp3) is 0.944. The lowest BCUT2D eigenvalue weighted by Gasteiger charge is -2.18. The van der Waals surface area contributed by atoms with Crippen molar-refractivity contribution in [2.75, 3.05) is 0 Å². The van der Waals surface area contributed by atoms with Gasteiger partial charge in [0.15, 0.2) is 0 Å². The first-order valence-electron chi connectivity index (χ1n) is 17.3. The van der Waals surface area contributed by atoms with Gasteiger partial charge in [-0.25, -0.2) is 0 Å². The van der Waals surface area contributed by atoms with Crippen molar-refractivity contribution in [3.63, 3.8) is 0 Å². The van der Waals surface area contributed by atoms with Crippen LogP contribution in [-0.4, -0.2) is 0 Å². The number of rotatable bonds is 28. The molecule has 0 N–H and O–H groups in total. The third kappa shape index (κ3) is 33.7. The molecule has 0 atom stereocenters. The van der Waals surface area contributed by atoms with Gasteiger partial charge in [-0.3, -0.25) is 0 Å². The first kappa shape index (κ1) is 37.9. The Labute approximate surface area is 232 Å². The molecule has 0 heterocycles. The van der Waals surface area contributed by atoms with Gasteiger partial charge in [0.1, 0.15) is 0 Å². The number of unbranched alkanes of at least 4 members (excludes halogenated alkanes) is 20. The predicted octanol–water partition coefficient (Wildman–Crippen LogP) is 14.2. The van der Waals surface area contributed by atoms with Crippen molar-refractivity contribution in [1.82, 2.24) is 0 Å². The third-order valence-corrected chi connectivity index (χ3v) is 7.85. The molecular weight excluding hydrogens is 432 g/mol. The first-order chi connectivity index (χ1) is 17.7. The average molecular weight is 507 g/mol. The van der Waals surface area contributed by atoms with Gasteiger partial charge in [-0.15, -0.1) is 0 Å². The minimum Gasteiger partial charge on any atom is -0.0999 e. The van der Waals surface area contributed by atoms with Crippen molar-refractivity contribution in [3.05, 3.63) is 12.2 Å². The van der Waals surface area contributed by atoms with E-state index in [4.69, 9.17) is 0 Å². The number of hydrogen-bond donors (Lipinski definition) is 0. The van der Waals surface area contributed by atoms with Crippen molar-refractivity contribution < 1.29 is 0 Å². The molecule has 36 heavy (non-hydrogen) atoms. The quantitative estimate of drug-likeness (QED) is 0.0730. The van der Waals surface area contributed by atoms with Crippen LogP contribution < -0.4 is 0 Å². The number of allylic oxidation sites excluding steroid dienone is 1. The van der Waals surface area contributed by atoms with Gasteiger partial charge in [0.25, 0.3) is 0 Å². The van der Waals surface area contributed by atoms with E-state index in [0.717, 1.165) is 5.92 Å². The van der Waals surface area contributed by atoms with Crippen molar-refractivity contribution in [2.24, 2.45) is 5.92 Å². The molecule has 0 spiro atoms. The summed E-state index contributed by atoms with van der Waals surface area (Å²) in [5.41, 5.74) is 1.54. The normalized spacial score (nSPS) is 11.1. The second-order valence-corrected chi connectivity index (χ2v) is 11.9. The summed E-state index contributed by atoms with van der Waals surface area (Å²) in [7, 11) is 0. The van der Waals surface area contributed by atoms with Crippen LogP contribution in [0.15, 0.2) is 12.2 Å². The maximum absolute atomic E-state index is 4.43. The van der Waals surface area contributed by atoms with E-state index in [2.05, 4.69) is 41.2 Å². The lowest BCUT2D eigenvalue weighted by atomic mass is 9.87. The van der Waals surface area contributed by atoms with Crippen LogP contribution >= 0.6 is 0 Å². The fourth-order valence-electron chi connectivity index (χ4n) is 5.29. The maximum atomic E-state index is 4.43. The van der Waals surface area contributed by atoms with E-state index >= 15 is 0 Å². The largest absolute Gasteiger partial charge is 0.0999 e. The van der Waals surface area contributed by atoms with Crippen LogP contribution in [0.3, 0.4) is 0 Å². The smallest absolute Gasteiger partial charge is 0.0294 e. The third-order valence-electron chi connectivity index (χ3n) is 7.85. The van der Waals surface area contributed by atoms with E-state index in [1.54, 1.807) is 5.57 Å². The molecular formula is C36H74. The molecule has 0 bridgehead atoms. The average Bonchev–Trinajstić information content (AvgIpc) is 2.88. The zero-order valence-electron chi connectivity index (χ0n) is 26.6. The predicted molar refractivity (Wildman–Crippen MR) is 170 cm³/mol. The van der Waals surface area contributed by atoms with E-state index in [-0.39, 0.29) is 0 Å². The molecule has 0 aromatic rings. The Kier molecular flexibility index (Phi) is 36.6. The molecule has 0 aromatic carbocycles. The van der Waals surface area contributed by atoms with Crippen molar-refractivity contribution in [3.8, 4) is 0 Å². The summed E-state index contributed by atoms with van der Waals surface area (Å²) in [6.45, 7) is 15.9. The summed E-state index contributed by atoms with van der Waals surface area (Å²) in [4.78, 5) is 0. The zero-order valence-corrected chi connectivity index (χ0v) is 26.6. The van der Waals surface area contributed by atoms with Gasteiger partial charge in [0.2, 0.25) is 0 Å². The van der Waals surface area contributed by atoms with Crippen LogP contribution in [0, 0.1) is 5.92 Å². The molecule has 0 aliphatic heterocycles. The highest BCUT2D eigenvalue weighted by Crippen LogP contribution is 2.27. The summed E-state index contributed by atoms with van der Waals surface area (Å²) in [6, 6.07) is 0. The second kappa shape index (κ2) is 34.7. The Morgan fingerprint density at radius 1 is 0.389 bits per heavy atom. The van der Waals surface area contributed by atoms with Gasteiger partial charge >= 0.3 is 0 Å². The standard InChI is InChI=1S/C26H52.C10H22/c1-5-8-11-14-16-19-22-26(23-20-17-15-12-9-6-2)24-25(4)21-18-13-10-7-3;1-3-5-7-9-10-8-6-4-2/h26H,4-24H2,1-3H3;3-10H2,1-2H3. The van der Waals surface area contributed by atoms with E-state index in [9.17, 15) is 0 Å². The minimum atomic E-state index is 0.922. The highest BCUT2D eigenvalue weighted by Gasteiger charge is 2.10. The highest BCUT2D eigenvalue weighted by atomic mass is 14.2. The summed E-state index contributed by atoms with van der Waals surface area (Å²) in [6.07, 6.45) is 39.6. The molecule has 0 nitrogen and oxygen atoms in total. The molecule has 0 fully saturated rings. The SMILES string of the molecule is C=C(CCCCCC)CC(CCCCCCCC)CCCCCCCC.CCCCCCCCCC. The molecule has 0 heteroatoms. The van der Waals surface area contributed by atoms with Crippen molar-refractivity contribution >= 4 is 0 Å². The second-order valence-electron chi connectivity index (χ2n) is 11.9. The Morgan fingerprint density at radius 2 is 0.667 bits per heavy atom. The van der Waals surface area contributed by atoms with Crippen LogP contribution in [-0.2, 0) is 0 Å². The molecule has 0 radical (unpaired) electrons. The molecule has 0 amide bonds.